The lowest BCUT2D eigenvalue weighted by Gasteiger charge is -2.19. The fraction of sp³-hybridized carbons (Fsp3) is 0.588. The summed E-state index contributed by atoms with van der Waals surface area (Å²) < 4.78 is 16.6. The number of hydrogen-bond donors (Lipinski definition) is 2. The van der Waals surface area contributed by atoms with Gasteiger partial charge in [0.05, 0.1) is 18.7 Å². The average Bonchev–Trinajstić information content (AvgIpc) is 2.48. The highest BCUT2D eigenvalue weighted by atomic mass is 79.9. The van der Waals surface area contributed by atoms with E-state index in [2.05, 4.69) is 26.6 Å². The van der Waals surface area contributed by atoms with Crippen molar-refractivity contribution in [1.82, 2.24) is 10.6 Å². The Balaban J connectivity index is 2.31. The van der Waals surface area contributed by atoms with Gasteiger partial charge < -0.3 is 24.8 Å². The molecule has 0 spiro atoms. The lowest BCUT2D eigenvalue weighted by Crippen LogP contribution is -2.33. The summed E-state index contributed by atoms with van der Waals surface area (Å²) in [6.45, 7) is 7.57. The molecule has 0 aliphatic carbocycles. The molecule has 0 bridgehead atoms. The van der Waals surface area contributed by atoms with E-state index in [4.69, 9.17) is 14.2 Å². The van der Waals surface area contributed by atoms with Crippen LogP contribution < -0.4 is 20.1 Å². The zero-order valence-corrected chi connectivity index (χ0v) is 16.6. The monoisotopic (exact) mass is 402 g/mol. The predicted molar refractivity (Wildman–Crippen MR) is 97.8 cm³/mol. The van der Waals surface area contributed by atoms with Gasteiger partial charge in [0.15, 0.2) is 11.5 Å². The van der Waals surface area contributed by atoms with Gasteiger partial charge in [0.25, 0.3) is 0 Å². The van der Waals surface area contributed by atoms with E-state index in [9.17, 15) is 4.79 Å². The van der Waals surface area contributed by atoms with Crippen LogP contribution in [0.25, 0.3) is 0 Å². The largest absolute Gasteiger partial charge is 0.493 e. The van der Waals surface area contributed by atoms with Crippen LogP contribution in [0, 0.1) is 0 Å². The Labute approximate surface area is 152 Å². The molecule has 0 radical (unpaired) electrons. The molecule has 0 aliphatic rings. The highest BCUT2D eigenvalue weighted by molar-refractivity contribution is 9.10. The van der Waals surface area contributed by atoms with Crippen molar-refractivity contribution in [3.63, 3.8) is 0 Å². The molecule has 24 heavy (non-hydrogen) atoms. The number of halogens is 1. The number of amides is 1. The molecule has 136 valence electrons. The van der Waals surface area contributed by atoms with Crippen molar-refractivity contribution in [2.75, 3.05) is 27.3 Å². The maximum absolute atomic E-state index is 11.5. The second-order valence-electron chi connectivity index (χ2n) is 6.27. The minimum absolute atomic E-state index is 0.383. The van der Waals surface area contributed by atoms with Crippen LogP contribution in [-0.4, -0.2) is 39.0 Å². The first kappa shape index (κ1) is 20.6. The van der Waals surface area contributed by atoms with E-state index in [0.29, 0.717) is 24.6 Å². The molecule has 2 N–H and O–H groups in total. The third-order valence-corrected chi connectivity index (χ3v) is 3.61. The quantitative estimate of drug-likeness (QED) is 0.651. The van der Waals surface area contributed by atoms with E-state index in [0.717, 1.165) is 23.0 Å². The molecule has 0 saturated heterocycles. The number of rotatable bonds is 8. The topological polar surface area (TPSA) is 68.8 Å². The fourth-order valence-corrected chi connectivity index (χ4v) is 2.68. The summed E-state index contributed by atoms with van der Waals surface area (Å²) in [5.74, 6) is 1.37. The van der Waals surface area contributed by atoms with Crippen LogP contribution in [0.5, 0.6) is 11.5 Å². The van der Waals surface area contributed by atoms with Crippen molar-refractivity contribution < 1.29 is 19.0 Å². The highest BCUT2D eigenvalue weighted by Gasteiger charge is 2.15. The van der Waals surface area contributed by atoms with Gasteiger partial charge in [-0.25, -0.2) is 4.79 Å². The minimum Gasteiger partial charge on any atom is -0.493 e. The van der Waals surface area contributed by atoms with E-state index >= 15 is 0 Å². The number of benzene rings is 1. The van der Waals surface area contributed by atoms with Gasteiger partial charge in [-0.3, -0.25) is 0 Å². The summed E-state index contributed by atoms with van der Waals surface area (Å²) in [5, 5.41) is 6.07. The second kappa shape index (κ2) is 9.74. The Bertz CT molecular complexity index is 544. The van der Waals surface area contributed by atoms with Crippen LogP contribution in [0.4, 0.5) is 4.79 Å². The number of nitrogens with one attached hydrogen (secondary N) is 2. The number of methoxy groups -OCH3 is 2. The van der Waals surface area contributed by atoms with Crippen molar-refractivity contribution >= 4 is 22.0 Å². The molecule has 0 saturated carbocycles. The van der Waals surface area contributed by atoms with E-state index in [-0.39, 0.29) is 6.09 Å². The van der Waals surface area contributed by atoms with E-state index in [1.807, 2.05) is 32.9 Å². The normalized spacial score (nSPS) is 11.1. The van der Waals surface area contributed by atoms with Crippen molar-refractivity contribution in [3.8, 4) is 11.5 Å². The van der Waals surface area contributed by atoms with Crippen LogP contribution in [0.2, 0.25) is 0 Å². The SMILES string of the molecule is COc1cc(CNCCCNC(=O)OC(C)(C)C)cc(Br)c1OC. The Hall–Kier alpha value is -1.47. The summed E-state index contributed by atoms with van der Waals surface area (Å²) in [5.41, 5.74) is 0.614. The number of carbonyl (C=O) groups is 1. The molecule has 0 fully saturated rings. The molecule has 1 aromatic rings. The molecule has 6 nitrogen and oxygen atoms in total. The van der Waals surface area contributed by atoms with Gasteiger partial charge in [0, 0.05) is 13.1 Å². The third-order valence-electron chi connectivity index (χ3n) is 3.02. The second-order valence-corrected chi connectivity index (χ2v) is 7.13. The summed E-state index contributed by atoms with van der Waals surface area (Å²) in [6.07, 6.45) is 0.430. The van der Waals surface area contributed by atoms with E-state index < -0.39 is 5.60 Å². The molecule has 0 atom stereocenters. The van der Waals surface area contributed by atoms with Gasteiger partial charge in [0.2, 0.25) is 0 Å². The first-order chi connectivity index (χ1) is 11.3. The van der Waals surface area contributed by atoms with Crippen LogP contribution >= 0.6 is 15.9 Å². The lowest BCUT2D eigenvalue weighted by molar-refractivity contribution is 0.0527. The smallest absolute Gasteiger partial charge is 0.407 e. The predicted octanol–water partition coefficient (Wildman–Crippen LogP) is 3.47. The number of alkyl carbamates (subject to hydrolysis) is 1. The minimum atomic E-state index is -0.469. The van der Waals surface area contributed by atoms with E-state index in [1.54, 1.807) is 14.2 Å². The fourth-order valence-electron chi connectivity index (χ4n) is 2.02. The first-order valence-corrected chi connectivity index (χ1v) is 8.64. The molecular weight excluding hydrogens is 376 g/mol. The number of hydrogen-bond acceptors (Lipinski definition) is 5. The number of ether oxygens (including phenoxy) is 3. The van der Waals surface area contributed by atoms with E-state index in [1.165, 1.54) is 0 Å². The Morgan fingerprint density at radius 3 is 2.46 bits per heavy atom. The van der Waals surface area contributed by atoms with Gasteiger partial charge in [-0.15, -0.1) is 0 Å². The zero-order valence-electron chi connectivity index (χ0n) is 15.0. The maximum Gasteiger partial charge on any atom is 0.407 e. The van der Waals surface area contributed by atoms with Gasteiger partial charge in [-0.1, -0.05) is 0 Å². The van der Waals surface area contributed by atoms with Gasteiger partial charge >= 0.3 is 6.09 Å². The molecule has 0 heterocycles. The van der Waals surface area contributed by atoms with Crippen LogP contribution in [0.15, 0.2) is 16.6 Å². The van der Waals surface area contributed by atoms with Crippen LogP contribution in [0.3, 0.4) is 0 Å². The Morgan fingerprint density at radius 2 is 1.88 bits per heavy atom. The lowest BCUT2D eigenvalue weighted by atomic mass is 10.2. The molecule has 7 heteroatoms. The molecule has 0 aromatic heterocycles. The van der Waals surface area contributed by atoms with Gasteiger partial charge in [-0.2, -0.15) is 0 Å². The van der Waals surface area contributed by atoms with Crippen LogP contribution in [-0.2, 0) is 11.3 Å². The Kier molecular flexibility index (Phi) is 8.35. The van der Waals surface area contributed by atoms with Gasteiger partial charge in [0.1, 0.15) is 5.60 Å². The molecular formula is C17H27BrN2O4. The summed E-state index contributed by atoms with van der Waals surface area (Å²) in [7, 11) is 3.22. The maximum atomic E-state index is 11.5. The third kappa shape index (κ3) is 7.40. The Morgan fingerprint density at radius 1 is 1.17 bits per heavy atom. The molecule has 1 rings (SSSR count). The molecule has 1 amide bonds. The average molecular weight is 403 g/mol. The van der Waals surface area contributed by atoms with Crippen molar-refractivity contribution in [2.45, 2.75) is 39.3 Å². The van der Waals surface area contributed by atoms with Crippen molar-refractivity contribution in [1.29, 1.82) is 0 Å². The van der Waals surface area contributed by atoms with Crippen LogP contribution in [0.1, 0.15) is 32.8 Å². The van der Waals surface area contributed by atoms with Crippen molar-refractivity contribution in [2.24, 2.45) is 0 Å². The standard InChI is InChI=1S/C17H27BrN2O4/c1-17(2,3)24-16(21)20-8-6-7-19-11-12-9-13(18)15(23-5)14(10-12)22-4/h9-10,19H,6-8,11H2,1-5H3,(H,20,21). The first-order valence-electron chi connectivity index (χ1n) is 7.85. The molecule has 1 aromatic carbocycles. The molecule has 0 aliphatic heterocycles. The summed E-state index contributed by atoms with van der Waals surface area (Å²) in [4.78, 5) is 11.5. The van der Waals surface area contributed by atoms with Gasteiger partial charge in [-0.05, 0) is 67.4 Å². The zero-order chi connectivity index (χ0) is 18.2. The summed E-state index contributed by atoms with van der Waals surface area (Å²) in [6, 6.07) is 3.93. The van der Waals surface area contributed by atoms with Crippen molar-refractivity contribution in [3.05, 3.63) is 22.2 Å². The number of carbonyl (C=O) groups excluding carboxylic acids is 1. The summed E-state index contributed by atoms with van der Waals surface area (Å²) >= 11 is 3.48. The highest BCUT2D eigenvalue weighted by Crippen LogP contribution is 2.36. The molecule has 0 unspecified atom stereocenters.